The van der Waals surface area contributed by atoms with Crippen LogP contribution in [0.5, 0.6) is 5.75 Å². The molecule has 0 N–H and O–H groups in total. The van der Waals surface area contributed by atoms with E-state index in [4.69, 9.17) is 4.74 Å². The van der Waals surface area contributed by atoms with Crippen molar-refractivity contribution in [3.05, 3.63) is 87.9 Å². The van der Waals surface area contributed by atoms with Crippen LogP contribution in [0.15, 0.2) is 54.1 Å². The highest BCUT2D eigenvalue weighted by molar-refractivity contribution is 5.86. The van der Waals surface area contributed by atoms with E-state index >= 15 is 0 Å². The lowest BCUT2D eigenvalue weighted by Gasteiger charge is -2.40. The van der Waals surface area contributed by atoms with E-state index in [1.165, 1.54) is 0 Å². The smallest absolute Gasteiger partial charge is 0.202 e. The molecule has 0 aliphatic carbocycles. The van der Waals surface area contributed by atoms with Gasteiger partial charge in [-0.15, -0.1) is 0 Å². The monoisotopic (exact) mass is 518 g/mol. The Morgan fingerprint density at radius 2 is 2.00 bits per heavy atom. The average molecular weight is 519 g/mol. The predicted octanol–water partition coefficient (Wildman–Crippen LogP) is 3.84. The molecule has 2 aliphatic rings. The van der Waals surface area contributed by atoms with E-state index in [9.17, 15) is 13.6 Å². The summed E-state index contributed by atoms with van der Waals surface area (Å²) in [6.07, 6.45) is 12.5. The molecule has 8 nitrogen and oxygen atoms in total. The van der Waals surface area contributed by atoms with Crippen molar-refractivity contribution in [2.75, 3.05) is 24.6 Å². The number of aromatic nitrogens is 4. The van der Waals surface area contributed by atoms with Gasteiger partial charge in [-0.05, 0) is 37.0 Å². The first-order valence-corrected chi connectivity index (χ1v) is 12.8. The fraction of sp³-hybridized carbons (Fsp3) is 0.357. The molecule has 0 bridgehead atoms. The summed E-state index contributed by atoms with van der Waals surface area (Å²) in [6, 6.07) is 3.23. The third-order valence-electron chi connectivity index (χ3n) is 7.34. The zero-order chi connectivity index (χ0) is 26.2. The Morgan fingerprint density at radius 1 is 1.11 bits per heavy atom. The molecular formula is C28H28F2N6O2. The molecule has 0 saturated carbocycles. The summed E-state index contributed by atoms with van der Waals surface area (Å²) in [7, 11) is 0. The summed E-state index contributed by atoms with van der Waals surface area (Å²) in [5.41, 5.74) is 2.65. The summed E-state index contributed by atoms with van der Waals surface area (Å²) < 4.78 is 36.1. The first-order valence-electron chi connectivity index (χ1n) is 12.8. The summed E-state index contributed by atoms with van der Waals surface area (Å²) >= 11 is 0. The van der Waals surface area contributed by atoms with Crippen molar-refractivity contribution in [1.82, 2.24) is 24.4 Å². The van der Waals surface area contributed by atoms with Crippen molar-refractivity contribution >= 4 is 16.7 Å². The number of piperidine rings is 1. The maximum absolute atomic E-state index is 14.4. The van der Waals surface area contributed by atoms with Gasteiger partial charge in [0.15, 0.2) is 17.0 Å². The standard InChI is InChI=1S/C28H28F2N6O2/c1-18-9-19(12-32-11-18)14-36(21-3-2-6-34(17-21)24-13-31-4-5-33-24)16-20-15-35-7-8-38-28-25(30)23(29)10-22(26(28)35)27(20)37/h4-5,9-13,15,21H,2-3,6-8,14,16-17H2,1H3. The molecule has 38 heavy (non-hydrogen) atoms. The Labute approximate surface area is 218 Å². The second kappa shape index (κ2) is 10.1. The van der Waals surface area contributed by atoms with Gasteiger partial charge >= 0.3 is 0 Å². The number of benzene rings is 1. The largest absolute Gasteiger partial charge is 0.486 e. The molecule has 0 spiro atoms. The van der Waals surface area contributed by atoms with Crippen molar-refractivity contribution in [2.45, 2.75) is 45.4 Å². The zero-order valence-corrected chi connectivity index (χ0v) is 21.1. The highest BCUT2D eigenvalue weighted by Crippen LogP contribution is 2.33. The van der Waals surface area contributed by atoms with Crippen molar-refractivity contribution in [3.8, 4) is 5.75 Å². The van der Waals surface area contributed by atoms with Crippen LogP contribution < -0.4 is 15.1 Å². The lowest BCUT2D eigenvalue weighted by molar-refractivity contribution is 0.157. The van der Waals surface area contributed by atoms with E-state index < -0.39 is 11.6 Å². The highest BCUT2D eigenvalue weighted by Gasteiger charge is 2.29. The molecule has 6 rings (SSSR count). The van der Waals surface area contributed by atoms with Crippen molar-refractivity contribution in [2.24, 2.45) is 0 Å². The molecule has 1 fully saturated rings. The molecule has 10 heteroatoms. The fourth-order valence-corrected chi connectivity index (χ4v) is 5.59. The molecule has 1 saturated heterocycles. The van der Waals surface area contributed by atoms with Gasteiger partial charge in [-0.1, -0.05) is 6.07 Å². The van der Waals surface area contributed by atoms with Crippen molar-refractivity contribution in [3.63, 3.8) is 0 Å². The quantitative estimate of drug-likeness (QED) is 0.384. The lowest BCUT2D eigenvalue weighted by atomic mass is 10.0. The van der Waals surface area contributed by atoms with Crippen LogP contribution in [0.25, 0.3) is 10.9 Å². The molecule has 0 amide bonds. The minimum absolute atomic E-state index is 0.131. The number of hydrogen-bond acceptors (Lipinski definition) is 7. The molecule has 196 valence electrons. The van der Waals surface area contributed by atoms with E-state index in [1.807, 2.05) is 23.9 Å². The van der Waals surface area contributed by atoms with E-state index in [0.29, 0.717) is 30.7 Å². The van der Waals surface area contributed by atoms with Crippen LogP contribution >= 0.6 is 0 Å². The molecule has 1 atom stereocenters. The van der Waals surface area contributed by atoms with Crippen LogP contribution in [0.2, 0.25) is 0 Å². The Balaban J connectivity index is 1.38. The summed E-state index contributed by atoms with van der Waals surface area (Å²) in [6.45, 7) is 5.23. The fourth-order valence-electron chi connectivity index (χ4n) is 5.59. The van der Waals surface area contributed by atoms with E-state index in [-0.39, 0.29) is 29.2 Å². The van der Waals surface area contributed by atoms with Gasteiger partial charge in [0.2, 0.25) is 5.82 Å². The number of nitrogens with zero attached hydrogens (tertiary/aromatic N) is 6. The van der Waals surface area contributed by atoms with Gasteiger partial charge in [0.1, 0.15) is 12.4 Å². The van der Waals surface area contributed by atoms with E-state index in [1.54, 1.807) is 24.8 Å². The zero-order valence-electron chi connectivity index (χ0n) is 21.1. The highest BCUT2D eigenvalue weighted by atomic mass is 19.2. The van der Waals surface area contributed by atoms with Gasteiger partial charge in [-0.3, -0.25) is 19.7 Å². The molecule has 3 aromatic heterocycles. The number of halogens is 2. The summed E-state index contributed by atoms with van der Waals surface area (Å²) in [4.78, 5) is 31.2. The van der Waals surface area contributed by atoms with Crippen LogP contribution in [0.4, 0.5) is 14.6 Å². The predicted molar refractivity (Wildman–Crippen MR) is 139 cm³/mol. The number of pyridine rings is 2. The second-order valence-corrected chi connectivity index (χ2v) is 10.0. The third kappa shape index (κ3) is 4.60. The number of rotatable bonds is 6. The van der Waals surface area contributed by atoms with Crippen LogP contribution in [-0.2, 0) is 19.6 Å². The Hall–Kier alpha value is -3.92. The molecule has 1 unspecified atom stereocenters. The minimum atomic E-state index is -1.08. The van der Waals surface area contributed by atoms with E-state index in [2.05, 4.69) is 30.8 Å². The van der Waals surface area contributed by atoms with Gasteiger partial charge in [0.25, 0.3) is 0 Å². The topological polar surface area (TPSA) is 76.4 Å². The molecule has 4 aromatic rings. The van der Waals surface area contributed by atoms with Gasteiger partial charge in [-0.25, -0.2) is 9.37 Å². The number of aryl methyl sites for hydroxylation is 1. The van der Waals surface area contributed by atoms with Crippen molar-refractivity contribution < 1.29 is 13.5 Å². The second-order valence-electron chi connectivity index (χ2n) is 10.0. The third-order valence-corrected chi connectivity index (χ3v) is 7.34. The minimum Gasteiger partial charge on any atom is -0.486 e. The Kier molecular flexibility index (Phi) is 6.49. The Morgan fingerprint density at radius 3 is 2.82 bits per heavy atom. The maximum atomic E-state index is 14.4. The van der Waals surface area contributed by atoms with Gasteiger partial charge in [-0.2, -0.15) is 4.39 Å². The molecule has 0 radical (unpaired) electrons. The van der Waals surface area contributed by atoms with Gasteiger partial charge in [0.05, 0.1) is 23.6 Å². The van der Waals surface area contributed by atoms with E-state index in [0.717, 1.165) is 48.9 Å². The number of anilines is 1. The van der Waals surface area contributed by atoms with Crippen LogP contribution in [0, 0.1) is 18.6 Å². The normalized spacial score (nSPS) is 17.2. The van der Waals surface area contributed by atoms with Crippen LogP contribution in [0.3, 0.4) is 0 Å². The van der Waals surface area contributed by atoms with Crippen LogP contribution in [0.1, 0.15) is 29.5 Å². The van der Waals surface area contributed by atoms with Crippen molar-refractivity contribution in [1.29, 1.82) is 0 Å². The summed E-state index contributed by atoms with van der Waals surface area (Å²) in [5.74, 6) is -1.50. The maximum Gasteiger partial charge on any atom is 0.202 e. The van der Waals surface area contributed by atoms with Gasteiger partial charge in [0, 0.05) is 68.8 Å². The molecule has 1 aromatic carbocycles. The SMILES string of the molecule is Cc1cncc(CN(Cc2cn3c4c(c(F)c(F)cc4c2=O)OCC3)C2CCCN(c3cnccn3)C2)c1. The molecular weight excluding hydrogens is 490 g/mol. The Bertz CT molecular complexity index is 1540. The molecule has 5 heterocycles. The van der Waals surface area contributed by atoms with Crippen LogP contribution in [-0.4, -0.2) is 50.2 Å². The molecule has 2 aliphatic heterocycles. The average Bonchev–Trinajstić information content (AvgIpc) is 2.94. The lowest BCUT2D eigenvalue weighted by Crippen LogP contribution is -2.48. The van der Waals surface area contributed by atoms with Gasteiger partial charge < -0.3 is 14.2 Å². The number of hydrogen-bond donors (Lipinski definition) is 0. The first kappa shape index (κ1) is 24.4. The first-order chi connectivity index (χ1) is 18.5. The number of ether oxygens (including phenoxy) is 1. The summed E-state index contributed by atoms with van der Waals surface area (Å²) in [5, 5.41) is 0.137.